The molecule has 372 valence electrons. The van der Waals surface area contributed by atoms with Crippen molar-refractivity contribution in [2.24, 2.45) is 0 Å². The van der Waals surface area contributed by atoms with Gasteiger partial charge in [0.15, 0.2) is 49.5 Å². The summed E-state index contributed by atoms with van der Waals surface area (Å²) in [5.74, 6) is -2.36. The first-order chi connectivity index (χ1) is 36.0. The van der Waals surface area contributed by atoms with Crippen molar-refractivity contribution in [1.82, 2.24) is 9.97 Å². The minimum atomic E-state index is -4.13. The van der Waals surface area contributed by atoms with Crippen LogP contribution in [-0.2, 0) is 34.5 Å². The molecule has 0 saturated heterocycles. The molecule has 0 spiro atoms. The molecule has 0 aliphatic carbocycles. The molecule has 0 radical (unpaired) electrons. The standard InChI is InChI=1S/C60H45F3N4O6P2/c61-55-33-54(34-56(62)35-55)60-64-58(52-21-17-46(18-22-52)44-9-13-48(14-10-44)50-25-29-66(30-26-50)36-40-1-5-42(6-2-40)38-74(68,69)70)57(63)59(65-60)53-23-19-47(20-24-53)45-11-15-49(16-12-45)51-27-31-67(32-28-51)37-41-3-7-43(8-4-41)39-75(71,72)73/h1-35H,36-39H2,(H2-2,68,69,70,71,72,73)/p+2. The zero-order valence-corrected chi connectivity index (χ0v) is 41.7. The van der Waals surface area contributed by atoms with Gasteiger partial charge in [-0.3, -0.25) is 9.13 Å². The summed E-state index contributed by atoms with van der Waals surface area (Å²) in [6.45, 7) is 1.19. The van der Waals surface area contributed by atoms with Gasteiger partial charge in [0.05, 0.1) is 12.3 Å². The van der Waals surface area contributed by atoms with Crippen molar-refractivity contribution < 1.29 is 51.0 Å². The largest absolute Gasteiger partial charge is 0.329 e. The summed E-state index contributed by atoms with van der Waals surface area (Å²) in [6.07, 6.45) is 7.33. The molecule has 0 bridgehead atoms. The van der Waals surface area contributed by atoms with E-state index in [0.717, 1.165) is 73.8 Å². The van der Waals surface area contributed by atoms with Gasteiger partial charge in [-0.1, -0.05) is 146 Å². The maximum absolute atomic E-state index is 16.8. The molecular formula is C60H47F3N4O6P2+2. The van der Waals surface area contributed by atoms with Crippen molar-refractivity contribution in [1.29, 1.82) is 0 Å². The molecule has 4 N–H and O–H groups in total. The number of pyridine rings is 2. The van der Waals surface area contributed by atoms with Crippen molar-refractivity contribution in [2.75, 3.05) is 0 Å². The van der Waals surface area contributed by atoms with Crippen LogP contribution >= 0.6 is 15.2 Å². The monoisotopic (exact) mass is 1040 g/mol. The fourth-order valence-corrected chi connectivity index (χ4v) is 10.3. The van der Waals surface area contributed by atoms with Gasteiger partial charge in [-0.2, -0.15) is 0 Å². The zero-order valence-electron chi connectivity index (χ0n) is 40.0. The number of rotatable bonds is 15. The summed E-state index contributed by atoms with van der Waals surface area (Å²) in [6, 6.07) is 56.1. The van der Waals surface area contributed by atoms with Gasteiger partial charge < -0.3 is 19.6 Å². The maximum Gasteiger partial charge on any atom is 0.329 e. The molecule has 0 aliphatic rings. The molecule has 10 aromatic rings. The van der Waals surface area contributed by atoms with Crippen molar-refractivity contribution >= 4 is 15.2 Å². The van der Waals surface area contributed by atoms with Crippen LogP contribution in [0.25, 0.3) is 78.4 Å². The molecule has 0 amide bonds. The first-order valence-corrected chi connectivity index (χ1v) is 27.3. The summed E-state index contributed by atoms with van der Waals surface area (Å²) in [5.41, 5.74) is 11.7. The Morgan fingerprint density at radius 3 is 0.907 bits per heavy atom. The Kier molecular flexibility index (Phi) is 14.5. The smallest absolute Gasteiger partial charge is 0.324 e. The number of hydrogen-bond donors (Lipinski definition) is 4. The lowest BCUT2D eigenvalue weighted by Crippen LogP contribution is -2.32. The molecule has 0 aliphatic heterocycles. The van der Waals surface area contributed by atoms with E-state index in [1.165, 1.54) is 0 Å². The molecule has 3 heterocycles. The molecule has 0 unspecified atom stereocenters. The second-order valence-electron chi connectivity index (χ2n) is 18.3. The van der Waals surface area contributed by atoms with Gasteiger partial charge in [-0.15, -0.1) is 0 Å². The van der Waals surface area contributed by atoms with Crippen LogP contribution in [0.1, 0.15) is 22.3 Å². The van der Waals surface area contributed by atoms with E-state index < -0.39 is 32.6 Å². The summed E-state index contributed by atoms with van der Waals surface area (Å²) < 4.78 is 72.7. The zero-order chi connectivity index (χ0) is 52.3. The topological polar surface area (TPSA) is 149 Å². The van der Waals surface area contributed by atoms with E-state index in [1.807, 2.05) is 155 Å². The van der Waals surface area contributed by atoms with Crippen LogP contribution in [0.15, 0.2) is 213 Å². The highest BCUT2D eigenvalue weighted by Crippen LogP contribution is 2.40. The second kappa shape index (κ2) is 21.5. The molecular weight excluding hydrogens is 992 g/mol. The van der Waals surface area contributed by atoms with Crippen molar-refractivity contribution in [3.05, 3.63) is 253 Å². The summed E-state index contributed by atoms with van der Waals surface area (Å²) in [5, 5.41) is 0. The predicted molar refractivity (Wildman–Crippen MR) is 283 cm³/mol. The molecule has 3 aromatic heterocycles. The van der Waals surface area contributed by atoms with Crippen LogP contribution in [0.3, 0.4) is 0 Å². The van der Waals surface area contributed by atoms with Gasteiger partial charge in [-0.25, -0.2) is 32.3 Å². The highest BCUT2D eigenvalue weighted by Gasteiger charge is 2.21. The first-order valence-electron chi connectivity index (χ1n) is 23.7. The summed E-state index contributed by atoms with van der Waals surface area (Å²) in [4.78, 5) is 46.1. The Bertz CT molecular complexity index is 3500. The van der Waals surface area contributed by atoms with Gasteiger partial charge in [0.1, 0.15) is 23.0 Å². The van der Waals surface area contributed by atoms with Crippen molar-refractivity contribution in [2.45, 2.75) is 25.4 Å². The van der Waals surface area contributed by atoms with Crippen LogP contribution in [0.2, 0.25) is 0 Å². The van der Waals surface area contributed by atoms with Crippen LogP contribution in [-0.4, -0.2) is 29.5 Å². The van der Waals surface area contributed by atoms with Crippen LogP contribution in [0.4, 0.5) is 13.2 Å². The Morgan fingerprint density at radius 1 is 0.347 bits per heavy atom. The lowest BCUT2D eigenvalue weighted by Gasteiger charge is -2.13. The van der Waals surface area contributed by atoms with Crippen molar-refractivity contribution in [3.8, 4) is 78.4 Å². The highest BCUT2D eigenvalue weighted by atomic mass is 31.2. The minimum Gasteiger partial charge on any atom is -0.324 e. The average Bonchev–Trinajstić information content (AvgIpc) is 3.39. The molecule has 0 atom stereocenters. The van der Waals surface area contributed by atoms with Crippen LogP contribution < -0.4 is 9.13 Å². The first kappa shape index (κ1) is 50.5. The lowest BCUT2D eigenvalue weighted by molar-refractivity contribution is -0.688. The van der Waals surface area contributed by atoms with Crippen molar-refractivity contribution in [3.63, 3.8) is 0 Å². The van der Waals surface area contributed by atoms with E-state index in [4.69, 9.17) is 0 Å². The Hall–Kier alpha value is -7.99. The number of halogens is 3. The van der Waals surface area contributed by atoms with Gasteiger partial charge in [0, 0.05) is 58.1 Å². The summed E-state index contributed by atoms with van der Waals surface area (Å²) in [7, 11) is -8.27. The molecule has 15 heteroatoms. The fourth-order valence-electron chi connectivity index (χ4n) is 8.90. The maximum atomic E-state index is 16.8. The van der Waals surface area contributed by atoms with Gasteiger partial charge in [0.25, 0.3) is 0 Å². The minimum absolute atomic E-state index is 0.0272. The normalized spacial score (nSPS) is 11.7. The van der Waals surface area contributed by atoms with E-state index in [9.17, 15) is 37.5 Å². The average molecular weight is 1040 g/mol. The van der Waals surface area contributed by atoms with E-state index >= 15 is 4.39 Å². The highest BCUT2D eigenvalue weighted by molar-refractivity contribution is 7.51. The molecule has 10 nitrogen and oxygen atoms in total. The third-order valence-electron chi connectivity index (χ3n) is 12.7. The Morgan fingerprint density at radius 2 is 0.613 bits per heavy atom. The molecule has 10 rings (SSSR count). The predicted octanol–water partition coefficient (Wildman–Crippen LogP) is 12.6. The third-order valence-corrected chi connectivity index (χ3v) is 14.3. The molecule has 75 heavy (non-hydrogen) atoms. The van der Waals surface area contributed by atoms with E-state index in [-0.39, 0.29) is 35.1 Å². The Labute approximate surface area is 430 Å². The molecule has 7 aromatic carbocycles. The Balaban J connectivity index is 0.839. The van der Waals surface area contributed by atoms with Gasteiger partial charge in [0.2, 0.25) is 0 Å². The number of benzene rings is 7. The summed E-state index contributed by atoms with van der Waals surface area (Å²) >= 11 is 0. The van der Waals surface area contributed by atoms with Gasteiger partial charge in [-0.05, 0) is 67.8 Å². The van der Waals surface area contributed by atoms with Gasteiger partial charge >= 0.3 is 15.2 Å². The van der Waals surface area contributed by atoms with Crippen LogP contribution in [0.5, 0.6) is 0 Å². The van der Waals surface area contributed by atoms with E-state index in [1.54, 1.807) is 48.5 Å². The van der Waals surface area contributed by atoms with E-state index in [0.29, 0.717) is 35.3 Å². The fraction of sp³-hybridized carbons (Fsp3) is 0.0667. The molecule has 0 saturated carbocycles. The van der Waals surface area contributed by atoms with Crippen LogP contribution in [0, 0.1) is 17.5 Å². The number of hydrogen-bond acceptors (Lipinski definition) is 4. The SMILES string of the molecule is O=P(O)(O)Cc1ccc(C[n+]2ccc(-c3ccc(-c4ccc(-c5nc(-c6cc(F)cc(F)c6)nc(-c6ccc(-c7ccc(-c8cc[n+](Cc9ccc(CP(=O)(O)O)cc9)cc8)cc7)cc6)c5F)cc4)cc3)cc2)cc1. The van der Waals surface area contributed by atoms with E-state index in [2.05, 4.69) is 9.97 Å². The number of nitrogens with zero attached hydrogens (tertiary/aromatic N) is 4. The molecule has 0 fully saturated rings. The third kappa shape index (κ3) is 12.7. The second-order valence-corrected chi connectivity index (χ2v) is 21.6. The lowest BCUT2D eigenvalue weighted by atomic mass is 9.98. The number of aromatic nitrogens is 4. The quantitative estimate of drug-likeness (QED) is 0.0586.